The Bertz CT molecular complexity index is 1520. The average molecular weight is 526 g/mol. The van der Waals surface area contributed by atoms with Crippen LogP contribution in [0.5, 0.6) is 0 Å². The summed E-state index contributed by atoms with van der Waals surface area (Å²) >= 11 is 6.47. The second kappa shape index (κ2) is 9.83. The molecule has 7 heteroatoms. The Morgan fingerprint density at radius 2 is 1.66 bits per heavy atom. The van der Waals surface area contributed by atoms with Crippen LogP contribution in [0.3, 0.4) is 0 Å². The third-order valence-electron chi connectivity index (χ3n) is 8.54. The standard InChI is InChI=1S/C31H32ClN5O/c32-27-12-5-4-11-25(27)26-15-23-16-33-31(35-29(23)37(30(26)38)24-13-14-24)34-28-21-9-6-10-22(28)19-36(18-21)17-20-7-2-1-3-8-20/h1-5,7-8,11-12,15-16,21-22,24,28H,6,9-10,13-14,17-19H2,(H,33,34,35). The fourth-order valence-corrected chi connectivity index (χ4v) is 6.86. The minimum absolute atomic E-state index is 0.0242. The minimum atomic E-state index is -0.0242. The lowest BCUT2D eigenvalue weighted by Crippen LogP contribution is -2.54. The number of nitrogens with zero attached hydrogens (tertiary/aromatic N) is 4. The summed E-state index contributed by atoms with van der Waals surface area (Å²) in [7, 11) is 0. The van der Waals surface area contributed by atoms with Crippen LogP contribution in [0, 0.1) is 11.8 Å². The van der Waals surface area contributed by atoms with Gasteiger partial charge in [0.15, 0.2) is 0 Å². The fraction of sp³-hybridized carbons (Fsp3) is 0.387. The first-order valence-corrected chi connectivity index (χ1v) is 14.2. The van der Waals surface area contributed by atoms with Gasteiger partial charge in [0, 0.05) is 59.5 Å². The van der Waals surface area contributed by atoms with Gasteiger partial charge in [0.2, 0.25) is 5.95 Å². The van der Waals surface area contributed by atoms with Crippen LogP contribution in [-0.4, -0.2) is 38.6 Å². The van der Waals surface area contributed by atoms with Gasteiger partial charge in [0.1, 0.15) is 5.65 Å². The molecular weight excluding hydrogens is 494 g/mol. The van der Waals surface area contributed by atoms with Gasteiger partial charge in [-0.15, -0.1) is 0 Å². The molecule has 2 aliphatic carbocycles. The molecule has 4 aromatic rings. The molecule has 0 spiro atoms. The summed E-state index contributed by atoms with van der Waals surface area (Å²) in [5.41, 5.74) is 3.44. The summed E-state index contributed by atoms with van der Waals surface area (Å²) in [6.45, 7) is 3.18. The molecule has 1 saturated heterocycles. The van der Waals surface area contributed by atoms with Gasteiger partial charge in [-0.3, -0.25) is 14.3 Å². The molecule has 2 unspecified atom stereocenters. The van der Waals surface area contributed by atoms with Crippen molar-refractivity contribution in [3.8, 4) is 11.1 Å². The molecule has 2 atom stereocenters. The third kappa shape index (κ3) is 4.50. The Hall–Kier alpha value is -3.22. The van der Waals surface area contributed by atoms with Crippen molar-refractivity contribution in [2.75, 3.05) is 18.4 Å². The van der Waals surface area contributed by atoms with Crippen LogP contribution in [-0.2, 0) is 6.54 Å². The second-order valence-corrected chi connectivity index (χ2v) is 11.6. The molecule has 194 valence electrons. The van der Waals surface area contributed by atoms with Gasteiger partial charge in [-0.2, -0.15) is 4.98 Å². The molecule has 2 aromatic heterocycles. The molecule has 3 aliphatic rings. The number of halogens is 1. The molecule has 2 bridgehead atoms. The van der Waals surface area contributed by atoms with Gasteiger partial charge < -0.3 is 5.32 Å². The molecule has 38 heavy (non-hydrogen) atoms. The normalized spacial score (nSPS) is 23.4. The van der Waals surface area contributed by atoms with Crippen molar-refractivity contribution in [1.29, 1.82) is 0 Å². The highest BCUT2D eigenvalue weighted by Crippen LogP contribution is 2.39. The maximum atomic E-state index is 13.7. The van der Waals surface area contributed by atoms with Gasteiger partial charge in [-0.05, 0) is 55.2 Å². The van der Waals surface area contributed by atoms with E-state index in [0.717, 1.165) is 49.1 Å². The Labute approximate surface area is 227 Å². The third-order valence-corrected chi connectivity index (χ3v) is 8.87. The number of likely N-dealkylation sites (tertiary alicyclic amines) is 1. The molecular formula is C31H32ClN5O. The molecule has 1 aliphatic heterocycles. The van der Waals surface area contributed by atoms with Crippen LogP contribution < -0.4 is 10.9 Å². The van der Waals surface area contributed by atoms with E-state index in [0.29, 0.717) is 34.4 Å². The van der Waals surface area contributed by atoms with Crippen molar-refractivity contribution in [2.45, 2.75) is 50.7 Å². The number of pyridine rings is 1. The van der Waals surface area contributed by atoms with Crippen molar-refractivity contribution in [3.63, 3.8) is 0 Å². The molecule has 1 N–H and O–H groups in total. The number of aromatic nitrogens is 3. The van der Waals surface area contributed by atoms with Gasteiger partial charge in [-0.25, -0.2) is 4.98 Å². The predicted molar refractivity (Wildman–Crippen MR) is 152 cm³/mol. The molecule has 3 heterocycles. The highest BCUT2D eigenvalue weighted by atomic mass is 35.5. The van der Waals surface area contributed by atoms with Crippen molar-refractivity contribution in [2.24, 2.45) is 11.8 Å². The van der Waals surface area contributed by atoms with Crippen LogP contribution >= 0.6 is 11.6 Å². The number of nitrogens with one attached hydrogen (secondary N) is 1. The lowest BCUT2D eigenvalue weighted by atomic mass is 9.73. The van der Waals surface area contributed by atoms with E-state index in [-0.39, 0.29) is 11.6 Å². The van der Waals surface area contributed by atoms with E-state index < -0.39 is 0 Å². The first kappa shape index (κ1) is 23.9. The van der Waals surface area contributed by atoms with Gasteiger partial charge in [0.05, 0.1) is 0 Å². The number of fused-ring (bicyclic) bond motifs is 3. The summed E-state index contributed by atoms with van der Waals surface area (Å²) in [4.78, 5) is 26.0. The molecule has 2 aromatic carbocycles. The van der Waals surface area contributed by atoms with E-state index in [1.165, 1.54) is 24.8 Å². The maximum absolute atomic E-state index is 13.7. The predicted octanol–water partition coefficient (Wildman–Crippen LogP) is 6.16. The number of anilines is 1. The van der Waals surface area contributed by atoms with E-state index in [1.807, 2.05) is 41.1 Å². The number of hydrogen-bond donors (Lipinski definition) is 1. The highest BCUT2D eigenvalue weighted by Gasteiger charge is 2.40. The zero-order valence-corrected chi connectivity index (χ0v) is 22.1. The summed E-state index contributed by atoms with van der Waals surface area (Å²) in [5, 5.41) is 5.19. The van der Waals surface area contributed by atoms with E-state index in [9.17, 15) is 4.79 Å². The van der Waals surface area contributed by atoms with Gasteiger partial charge in [-0.1, -0.05) is 66.6 Å². The lowest BCUT2D eigenvalue weighted by Gasteiger charge is -2.47. The van der Waals surface area contributed by atoms with Crippen LogP contribution in [0.15, 0.2) is 71.7 Å². The highest BCUT2D eigenvalue weighted by molar-refractivity contribution is 6.33. The largest absolute Gasteiger partial charge is 0.351 e. The number of hydrogen-bond acceptors (Lipinski definition) is 5. The smallest absolute Gasteiger partial charge is 0.260 e. The summed E-state index contributed by atoms with van der Waals surface area (Å²) in [6, 6.07) is 20.8. The van der Waals surface area contributed by atoms with Crippen LogP contribution in [0.2, 0.25) is 5.02 Å². The van der Waals surface area contributed by atoms with E-state index in [2.05, 4.69) is 40.5 Å². The number of rotatable bonds is 6. The lowest BCUT2D eigenvalue weighted by molar-refractivity contribution is 0.0667. The van der Waals surface area contributed by atoms with Crippen molar-refractivity contribution in [1.82, 2.24) is 19.4 Å². The van der Waals surface area contributed by atoms with Crippen molar-refractivity contribution < 1.29 is 0 Å². The quantitative estimate of drug-likeness (QED) is 0.326. The topological polar surface area (TPSA) is 63.1 Å². The summed E-state index contributed by atoms with van der Waals surface area (Å²) in [6.07, 6.45) is 7.60. The Balaban J connectivity index is 1.18. The molecule has 3 fully saturated rings. The molecule has 7 rings (SSSR count). The number of benzene rings is 2. The van der Waals surface area contributed by atoms with Crippen LogP contribution in [0.1, 0.15) is 43.7 Å². The Morgan fingerprint density at radius 3 is 2.39 bits per heavy atom. The van der Waals surface area contributed by atoms with Gasteiger partial charge >= 0.3 is 0 Å². The first-order chi connectivity index (χ1) is 18.6. The summed E-state index contributed by atoms with van der Waals surface area (Å²) in [5.74, 6) is 1.77. The van der Waals surface area contributed by atoms with Crippen LogP contribution in [0.4, 0.5) is 5.95 Å². The fourth-order valence-electron chi connectivity index (χ4n) is 6.62. The zero-order chi connectivity index (χ0) is 25.6. The van der Waals surface area contributed by atoms with E-state index in [1.54, 1.807) is 0 Å². The molecule has 0 radical (unpaired) electrons. The zero-order valence-electron chi connectivity index (χ0n) is 21.4. The van der Waals surface area contributed by atoms with E-state index >= 15 is 0 Å². The van der Waals surface area contributed by atoms with Gasteiger partial charge in [0.25, 0.3) is 5.56 Å². The number of piperidine rings is 1. The first-order valence-electron chi connectivity index (χ1n) is 13.8. The van der Waals surface area contributed by atoms with Crippen molar-refractivity contribution in [3.05, 3.63) is 87.8 Å². The SMILES string of the molecule is O=c1c(-c2ccccc2Cl)cc2cnc(NC3C4CCCC3CN(Cc3ccccc3)C4)nc2n1C1CC1. The van der Waals surface area contributed by atoms with Crippen LogP contribution in [0.25, 0.3) is 22.2 Å². The van der Waals surface area contributed by atoms with Crippen molar-refractivity contribution >= 4 is 28.6 Å². The summed E-state index contributed by atoms with van der Waals surface area (Å²) < 4.78 is 1.88. The Morgan fingerprint density at radius 1 is 0.921 bits per heavy atom. The molecule has 6 nitrogen and oxygen atoms in total. The molecule has 2 saturated carbocycles. The second-order valence-electron chi connectivity index (χ2n) is 11.2. The monoisotopic (exact) mass is 525 g/mol. The minimum Gasteiger partial charge on any atom is -0.351 e. The van der Waals surface area contributed by atoms with E-state index in [4.69, 9.17) is 21.6 Å². The molecule has 0 amide bonds. The maximum Gasteiger partial charge on any atom is 0.260 e. The average Bonchev–Trinajstić information content (AvgIpc) is 3.75. The Kier molecular flexibility index (Phi) is 6.17.